The van der Waals surface area contributed by atoms with Gasteiger partial charge in [0.05, 0.1) is 7.11 Å². The minimum atomic E-state index is 0.436. The maximum Gasteiger partial charge on any atom is 0.120 e. The zero-order valence-electron chi connectivity index (χ0n) is 13.1. The minimum absolute atomic E-state index is 0.436. The summed E-state index contributed by atoms with van der Waals surface area (Å²) in [7, 11) is 1.68. The van der Waals surface area contributed by atoms with Crippen molar-refractivity contribution in [3.05, 3.63) is 28.8 Å². The Balaban J connectivity index is 1.94. The van der Waals surface area contributed by atoms with Crippen LogP contribution in [0.15, 0.2) is 18.2 Å². The van der Waals surface area contributed by atoms with Gasteiger partial charge in [-0.2, -0.15) is 0 Å². The predicted molar refractivity (Wildman–Crippen MR) is 85.5 cm³/mol. The molecule has 0 bridgehead atoms. The minimum Gasteiger partial charge on any atom is -0.497 e. The second-order valence-corrected chi connectivity index (χ2v) is 7.35. The second kappa shape index (κ2) is 6.36. The van der Waals surface area contributed by atoms with Crippen LogP contribution >= 0.6 is 11.6 Å². The molecular formula is C17H26ClNO. The topological polar surface area (TPSA) is 12.5 Å². The van der Waals surface area contributed by atoms with Crippen molar-refractivity contribution in [1.29, 1.82) is 0 Å². The average molecular weight is 296 g/mol. The molecule has 0 radical (unpaired) electrons. The number of piperidine rings is 1. The maximum atomic E-state index is 6.13. The van der Waals surface area contributed by atoms with E-state index < -0.39 is 0 Å². The van der Waals surface area contributed by atoms with Gasteiger partial charge in [0, 0.05) is 11.6 Å². The van der Waals surface area contributed by atoms with Gasteiger partial charge < -0.3 is 4.74 Å². The summed E-state index contributed by atoms with van der Waals surface area (Å²) < 4.78 is 5.28. The Morgan fingerprint density at radius 2 is 1.85 bits per heavy atom. The highest BCUT2D eigenvalue weighted by molar-refractivity contribution is 6.30. The third-order valence-electron chi connectivity index (χ3n) is 4.39. The molecule has 0 atom stereocenters. The zero-order chi connectivity index (χ0) is 14.8. The first kappa shape index (κ1) is 15.7. The maximum absolute atomic E-state index is 6.13. The summed E-state index contributed by atoms with van der Waals surface area (Å²) in [5, 5.41) is 0.754. The van der Waals surface area contributed by atoms with E-state index in [0.717, 1.165) is 23.2 Å². The van der Waals surface area contributed by atoms with E-state index in [1.165, 1.54) is 31.5 Å². The Bertz CT molecular complexity index is 445. The third-order valence-corrected chi connectivity index (χ3v) is 4.60. The van der Waals surface area contributed by atoms with Crippen LogP contribution in [0, 0.1) is 11.3 Å². The van der Waals surface area contributed by atoms with E-state index in [1.807, 2.05) is 12.1 Å². The molecule has 1 aromatic carbocycles. The fraction of sp³-hybridized carbons (Fsp3) is 0.647. The van der Waals surface area contributed by atoms with E-state index in [9.17, 15) is 0 Å². The number of benzene rings is 1. The number of rotatable bonds is 3. The van der Waals surface area contributed by atoms with Crippen LogP contribution in [-0.4, -0.2) is 25.1 Å². The van der Waals surface area contributed by atoms with Crippen LogP contribution in [0.1, 0.15) is 39.2 Å². The molecule has 0 saturated carbocycles. The van der Waals surface area contributed by atoms with Crippen LogP contribution in [0.3, 0.4) is 0 Å². The lowest BCUT2D eigenvalue weighted by Crippen LogP contribution is -2.37. The van der Waals surface area contributed by atoms with Crippen molar-refractivity contribution in [2.24, 2.45) is 11.3 Å². The van der Waals surface area contributed by atoms with Gasteiger partial charge in [-0.1, -0.05) is 32.4 Å². The number of methoxy groups -OCH3 is 1. The third kappa shape index (κ3) is 4.13. The molecule has 0 N–H and O–H groups in total. The smallest absolute Gasteiger partial charge is 0.120 e. The standard InChI is InChI=1S/C17H26ClNO/c1-17(2,3)14-5-7-19(8-6-14)12-13-9-15(18)11-16(10-13)20-4/h9-11,14H,5-8,12H2,1-4H3. The summed E-state index contributed by atoms with van der Waals surface area (Å²) in [6.45, 7) is 10.4. The summed E-state index contributed by atoms with van der Waals surface area (Å²) >= 11 is 6.13. The summed E-state index contributed by atoms with van der Waals surface area (Å²) in [5.41, 5.74) is 1.68. The fourth-order valence-electron chi connectivity index (χ4n) is 3.05. The molecule has 20 heavy (non-hydrogen) atoms. The quantitative estimate of drug-likeness (QED) is 0.807. The molecule has 2 nitrogen and oxygen atoms in total. The predicted octanol–water partition coefficient (Wildman–Crippen LogP) is 4.61. The van der Waals surface area contributed by atoms with Gasteiger partial charge in [0.1, 0.15) is 5.75 Å². The van der Waals surface area contributed by atoms with E-state index in [-0.39, 0.29) is 0 Å². The van der Waals surface area contributed by atoms with Gasteiger partial charge in [0.15, 0.2) is 0 Å². The molecule has 1 heterocycles. The van der Waals surface area contributed by atoms with Crippen LogP contribution in [0.2, 0.25) is 5.02 Å². The first-order chi connectivity index (χ1) is 9.38. The Morgan fingerprint density at radius 1 is 1.20 bits per heavy atom. The number of hydrogen-bond acceptors (Lipinski definition) is 2. The SMILES string of the molecule is COc1cc(Cl)cc(CN2CCC(C(C)(C)C)CC2)c1. The Morgan fingerprint density at radius 3 is 2.40 bits per heavy atom. The van der Waals surface area contributed by atoms with Gasteiger partial charge in [-0.3, -0.25) is 4.90 Å². The van der Waals surface area contributed by atoms with E-state index in [2.05, 4.69) is 31.7 Å². The highest BCUT2D eigenvalue weighted by Gasteiger charge is 2.28. The molecule has 1 aliphatic heterocycles. The lowest BCUT2D eigenvalue weighted by molar-refractivity contribution is 0.108. The summed E-state index contributed by atoms with van der Waals surface area (Å²) in [4.78, 5) is 2.52. The van der Waals surface area contributed by atoms with E-state index in [0.29, 0.717) is 5.41 Å². The molecular weight excluding hydrogens is 270 g/mol. The van der Waals surface area contributed by atoms with Crippen LogP contribution < -0.4 is 4.74 Å². The Hall–Kier alpha value is -0.730. The van der Waals surface area contributed by atoms with Crippen molar-refractivity contribution < 1.29 is 4.74 Å². The number of ether oxygens (including phenoxy) is 1. The van der Waals surface area contributed by atoms with Crippen molar-refractivity contribution in [3.8, 4) is 5.75 Å². The highest BCUT2D eigenvalue weighted by Crippen LogP contribution is 2.34. The van der Waals surface area contributed by atoms with Crippen molar-refractivity contribution >= 4 is 11.6 Å². The second-order valence-electron chi connectivity index (χ2n) is 6.92. The number of nitrogens with zero attached hydrogens (tertiary/aromatic N) is 1. The lowest BCUT2D eigenvalue weighted by Gasteiger charge is -2.38. The van der Waals surface area contributed by atoms with Gasteiger partial charge in [0.25, 0.3) is 0 Å². The molecule has 112 valence electrons. The van der Waals surface area contributed by atoms with Crippen LogP contribution in [0.4, 0.5) is 0 Å². The monoisotopic (exact) mass is 295 g/mol. The van der Waals surface area contributed by atoms with Gasteiger partial charge in [-0.05, 0) is 61.0 Å². The number of halogens is 1. The molecule has 3 heteroatoms. The highest BCUT2D eigenvalue weighted by atomic mass is 35.5. The number of likely N-dealkylation sites (tertiary alicyclic amines) is 1. The van der Waals surface area contributed by atoms with Gasteiger partial charge >= 0.3 is 0 Å². The number of hydrogen-bond donors (Lipinski definition) is 0. The molecule has 2 rings (SSSR count). The average Bonchev–Trinajstić information content (AvgIpc) is 2.37. The van der Waals surface area contributed by atoms with Crippen molar-refractivity contribution in [2.75, 3.05) is 20.2 Å². The van der Waals surface area contributed by atoms with Gasteiger partial charge in [-0.15, -0.1) is 0 Å². The van der Waals surface area contributed by atoms with Crippen molar-refractivity contribution in [3.63, 3.8) is 0 Å². The van der Waals surface area contributed by atoms with Gasteiger partial charge in [0.2, 0.25) is 0 Å². The largest absolute Gasteiger partial charge is 0.497 e. The molecule has 0 spiro atoms. The first-order valence-corrected chi connectivity index (χ1v) is 7.82. The fourth-order valence-corrected chi connectivity index (χ4v) is 3.29. The van der Waals surface area contributed by atoms with Crippen molar-refractivity contribution in [1.82, 2.24) is 4.90 Å². The Kier molecular flexibility index (Phi) is 4.98. The van der Waals surface area contributed by atoms with Crippen LogP contribution in [0.5, 0.6) is 5.75 Å². The summed E-state index contributed by atoms with van der Waals surface area (Å²) in [6.07, 6.45) is 2.59. The van der Waals surface area contributed by atoms with Crippen molar-refractivity contribution in [2.45, 2.75) is 40.2 Å². The lowest BCUT2D eigenvalue weighted by atomic mass is 9.75. The normalized spacial score (nSPS) is 18.2. The van der Waals surface area contributed by atoms with E-state index in [4.69, 9.17) is 16.3 Å². The van der Waals surface area contributed by atoms with Crippen LogP contribution in [0.25, 0.3) is 0 Å². The molecule has 1 aliphatic rings. The van der Waals surface area contributed by atoms with E-state index >= 15 is 0 Å². The summed E-state index contributed by atoms with van der Waals surface area (Å²) in [6, 6.07) is 5.98. The zero-order valence-corrected chi connectivity index (χ0v) is 13.8. The van der Waals surface area contributed by atoms with E-state index in [1.54, 1.807) is 7.11 Å². The molecule has 0 unspecified atom stereocenters. The summed E-state index contributed by atoms with van der Waals surface area (Å²) in [5.74, 6) is 1.68. The Labute approximate surface area is 128 Å². The molecule has 0 aliphatic carbocycles. The molecule has 1 aromatic rings. The molecule has 0 aromatic heterocycles. The van der Waals surface area contributed by atoms with Crippen LogP contribution in [-0.2, 0) is 6.54 Å². The molecule has 0 amide bonds. The molecule has 1 fully saturated rings. The first-order valence-electron chi connectivity index (χ1n) is 7.44. The van der Waals surface area contributed by atoms with Gasteiger partial charge in [-0.25, -0.2) is 0 Å². The molecule has 1 saturated heterocycles.